The first-order valence-corrected chi connectivity index (χ1v) is 5.88. The standard InChI is InChI=1S/C14H15N3/c1-11-5-4-8-16-14(11)17-10-9-15-12-6-2-3-7-13(12)17/h2-8,15H,9-10H2,1H3. The van der Waals surface area contributed by atoms with Gasteiger partial charge in [-0.1, -0.05) is 18.2 Å². The van der Waals surface area contributed by atoms with Crippen LogP contribution in [0.2, 0.25) is 0 Å². The number of hydrogen-bond acceptors (Lipinski definition) is 3. The molecule has 3 rings (SSSR count). The SMILES string of the molecule is Cc1cccnc1N1CCNc2ccccc21. The zero-order valence-corrected chi connectivity index (χ0v) is 9.85. The monoisotopic (exact) mass is 225 g/mol. The van der Waals surface area contributed by atoms with Gasteiger partial charge in [-0.2, -0.15) is 0 Å². The van der Waals surface area contributed by atoms with Crippen molar-refractivity contribution in [3.8, 4) is 0 Å². The van der Waals surface area contributed by atoms with Crippen molar-refractivity contribution >= 4 is 17.2 Å². The maximum Gasteiger partial charge on any atom is 0.135 e. The minimum absolute atomic E-state index is 0.951. The highest BCUT2D eigenvalue weighted by atomic mass is 15.2. The Morgan fingerprint density at radius 2 is 2.06 bits per heavy atom. The van der Waals surface area contributed by atoms with Crippen LogP contribution in [0.1, 0.15) is 5.56 Å². The molecule has 0 atom stereocenters. The fourth-order valence-corrected chi connectivity index (χ4v) is 2.26. The first kappa shape index (κ1) is 10.1. The Bertz CT molecular complexity index is 536. The van der Waals surface area contributed by atoms with Crippen molar-refractivity contribution in [3.05, 3.63) is 48.2 Å². The largest absolute Gasteiger partial charge is 0.382 e. The number of para-hydroxylation sites is 2. The second kappa shape index (κ2) is 4.09. The van der Waals surface area contributed by atoms with Crippen LogP contribution in [0, 0.1) is 6.92 Å². The molecule has 0 aliphatic carbocycles. The molecule has 1 N–H and O–H groups in total. The molecule has 1 aliphatic rings. The van der Waals surface area contributed by atoms with Crippen molar-refractivity contribution in [2.24, 2.45) is 0 Å². The van der Waals surface area contributed by atoms with E-state index in [2.05, 4.69) is 52.5 Å². The summed E-state index contributed by atoms with van der Waals surface area (Å²) < 4.78 is 0. The van der Waals surface area contributed by atoms with E-state index >= 15 is 0 Å². The summed E-state index contributed by atoms with van der Waals surface area (Å²) in [4.78, 5) is 6.78. The molecule has 0 amide bonds. The van der Waals surface area contributed by atoms with Crippen molar-refractivity contribution in [3.63, 3.8) is 0 Å². The minimum atomic E-state index is 0.951. The van der Waals surface area contributed by atoms with E-state index in [1.807, 2.05) is 12.3 Å². The van der Waals surface area contributed by atoms with Gasteiger partial charge in [0, 0.05) is 19.3 Å². The van der Waals surface area contributed by atoms with Crippen molar-refractivity contribution in [1.29, 1.82) is 0 Å². The summed E-state index contributed by atoms with van der Waals surface area (Å²) in [7, 11) is 0. The summed E-state index contributed by atoms with van der Waals surface area (Å²) in [6.45, 7) is 4.01. The maximum atomic E-state index is 4.50. The quantitative estimate of drug-likeness (QED) is 0.808. The van der Waals surface area contributed by atoms with Gasteiger partial charge < -0.3 is 10.2 Å². The molecule has 1 aromatic carbocycles. The van der Waals surface area contributed by atoms with Crippen LogP contribution in [0.4, 0.5) is 17.2 Å². The lowest BCUT2D eigenvalue weighted by molar-refractivity contribution is 0.902. The zero-order valence-electron chi connectivity index (χ0n) is 9.85. The van der Waals surface area contributed by atoms with Gasteiger partial charge in [0.2, 0.25) is 0 Å². The molecule has 0 spiro atoms. The summed E-state index contributed by atoms with van der Waals surface area (Å²) >= 11 is 0. The lowest BCUT2D eigenvalue weighted by Gasteiger charge is -2.32. The van der Waals surface area contributed by atoms with Crippen LogP contribution in [-0.4, -0.2) is 18.1 Å². The Labute approximate surface area is 101 Å². The zero-order chi connectivity index (χ0) is 11.7. The highest BCUT2D eigenvalue weighted by Gasteiger charge is 2.19. The van der Waals surface area contributed by atoms with Gasteiger partial charge in [-0.25, -0.2) is 4.98 Å². The van der Waals surface area contributed by atoms with E-state index in [4.69, 9.17) is 0 Å². The number of fused-ring (bicyclic) bond motifs is 1. The fourth-order valence-electron chi connectivity index (χ4n) is 2.26. The third kappa shape index (κ3) is 1.73. The Kier molecular flexibility index (Phi) is 2.44. The molecule has 3 heteroatoms. The first-order chi connectivity index (χ1) is 8.36. The summed E-state index contributed by atoms with van der Waals surface area (Å²) in [5.74, 6) is 1.06. The molecule has 0 saturated carbocycles. The Morgan fingerprint density at radius 1 is 1.18 bits per heavy atom. The number of pyridine rings is 1. The molecule has 2 heterocycles. The molecule has 0 saturated heterocycles. The van der Waals surface area contributed by atoms with Gasteiger partial charge in [-0.15, -0.1) is 0 Å². The lowest BCUT2D eigenvalue weighted by atomic mass is 10.1. The predicted molar refractivity (Wildman–Crippen MR) is 70.9 cm³/mol. The Hall–Kier alpha value is -2.03. The topological polar surface area (TPSA) is 28.2 Å². The highest BCUT2D eigenvalue weighted by Crippen LogP contribution is 2.34. The number of nitrogens with one attached hydrogen (secondary N) is 1. The molecule has 3 nitrogen and oxygen atoms in total. The number of rotatable bonds is 1. The van der Waals surface area contributed by atoms with Crippen LogP contribution < -0.4 is 10.2 Å². The molecule has 0 unspecified atom stereocenters. The smallest absolute Gasteiger partial charge is 0.135 e. The molecule has 0 radical (unpaired) electrons. The van der Waals surface area contributed by atoms with Gasteiger partial charge in [-0.05, 0) is 30.7 Å². The second-order valence-electron chi connectivity index (χ2n) is 4.24. The van der Waals surface area contributed by atoms with E-state index in [0.717, 1.165) is 18.9 Å². The molecular weight excluding hydrogens is 210 g/mol. The number of aryl methyl sites for hydroxylation is 1. The van der Waals surface area contributed by atoms with E-state index in [1.165, 1.54) is 16.9 Å². The number of hydrogen-bond donors (Lipinski definition) is 1. The van der Waals surface area contributed by atoms with Gasteiger partial charge >= 0.3 is 0 Å². The molecule has 1 aromatic heterocycles. The van der Waals surface area contributed by atoms with Gasteiger partial charge in [0.25, 0.3) is 0 Å². The summed E-state index contributed by atoms with van der Waals surface area (Å²) in [6, 6.07) is 12.5. The third-order valence-electron chi connectivity index (χ3n) is 3.08. The predicted octanol–water partition coefficient (Wildman–Crippen LogP) is 2.95. The molecular formula is C14H15N3. The lowest BCUT2D eigenvalue weighted by Crippen LogP contribution is -2.31. The van der Waals surface area contributed by atoms with Crippen LogP contribution >= 0.6 is 0 Å². The van der Waals surface area contributed by atoms with Gasteiger partial charge in [0.05, 0.1) is 11.4 Å². The van der Waals surface area contributed by atoms with Crippen molar-refractivity contribution in [1.82, 2.24) is 4.98 Å². The summed E-state index contributed by atoms with van der Waals surface area (Å²) in [5, 5.41) is 3.41. The Balaban J connectivity index is 2.09. The molecule has 1 aliphatic heterocycles. The second-order valence-corrected chi connectivity index (χ2v) is 4.24. The van der Waals surface area contributed by atoms with Crippen LogP contribution in [0.25, 0.3) is 0 Å². The number of benzene rings is 1. The van der Waals surface area contributed by atoms with Crippen LogP contribution in [-0.2, 0) is 0 Å². The Morgan fingerprint density at radius 3 is 2.94 bits per heavy atom. The van der Waals surface area contributed by atoms with Crippen LogP contribution in [0.15, 0.2) is 42.6 Å². The third-order valence-corrected chi connectivity index (χ3v) is 3.08. The molecule has 0 fully saturated rings. The average Bonchev–Trinajstić information content (AvgIpc) is 2.39. The molecule has 2 aromatic rings. The minimum Gasteiger partial charge on any atom is -0.382 e. The van der Waals surface area contributed by atoms with Crippen LogP contribution in [0.5, 0.6) is 0 Å². The molecule has 17 heavy (non-hydrogen) atoms. The molecule has 86 valence electrons. The maximum absolute atomic E-state index is 4.50. The van der Waals surface area contributed by atoms with E-state index in [0.29, 0.717) is 0 Å². The normalized spacial score (nSPS) is 14.1. The van der Waals surface area contributed by atoms with Gasteiger partial charge in [0.15, 0.2) is 0 Å². The highest BCUT2D eigenvalue weighted by molar-refractivity contribution is 5.77. The summed E-state index contributed by atoms with van der Waals surface area (Å²) in [5.41, 5.74) is 3.61. The van der Waals surface area contributed by atoms with Crippen molar-refractivity contribution in [2.75, 3.05) is 23.3 Å². The average molecular weight is 225 g/mol. The fraction of sp³-hybridized carbons (Fsp3) is 0.214. The number of nitrogens with zero attached hydrogens (tertiary/aromatic N) is 2. The van der Waals surface area contributed by atoms with Gasteiger partial charge in [-0.3, -0.25) is 0 Å². The van der Waals surface area contributed by atoms with E-state index in [9.17, 15) is 0 Å². The van der Waals surface area contributed by atoms with Gasteiger partial charge in [0.1, 0.15) is 5.82 Å². The van der Waals surface area contributed by atoms with E-state index in [1.54, 1.807) is 0 Å². The first-order valence-electron chi connectivity index (χ1n) is 5.88. The molecule has 0 bridgehead atoms. The van der Waals surface area contributed by atoms with Crippen LogP contribution in [0.3, 0.4) is 0 Å². The van der Waals surface area contributed by atoms with E-state index in [-0.39, 0.29) is 0 Å². The van der Waals surface area contributed by atoms with E-state index < -0.39 is 0 Å². The number of aromatic nitrogens is 1. The van der Waals surface area contributed by atoms with Crippen molar-refractivity contribution in [2.45, 2.75) is 6.92 Å². The number of anilines is 3. The van der Waals surface area contributed by atoms with Crippen molar-refractivity contribution < 1.29 is 0 Å². The summed E-state index contributed by atoms with van der Waals surface area (Å²) in [6.07, 6.45) is 1.85.